The van der Waals surface area contributed by atoms with E-state index in [4.69, 9.17) is 4.74 Å². The molecule has 1 unspecified atom stereocenters. The van der Waals surface area contributed by atoms with Crippen molar-refractivity contribution in [2.24, 2.45) is 10.9 Å². The Morgan fingerprint density at radius 2 is 1.89 bits per heavy atom. The second kappa shape index (κ2) is 13.8. The lowest BCUT2D eigenvalue weighted by atomic mass is 10.1. The first-order valence-electron chi connectivity index (χ1n) is 9.53. The third-order valence-corrected chi connectivity index (χ3v) is 4.47. The van der Waals surface area contributed by atoms with Crippen LogP contribution in [0.5, 0.6) is 0 Å². The van der Waals surface area contributed by atoms with Crippen molar-refractivity contribution in [2.45, 2.75) is 32.8 Å². The minimum atomic E-state index is 0. The van der Waals surface area contributed by atoms with Gasteiger partial charge in [-0.15, -0.1) is 24.0 Å². The fraction of sp³-hybridized carbons (Fsp3) is 0.600. The highest BCUT2D eigenvalue weighted by Gasteiger charge is 2.16. The highest BCUT2D eigenvalue weighted by atomic mass is 127. The van der Waals surface area contributed by atoms with E-state index in [1.165, 1.54) is 12.0 Å². The largest absolute Gasteiger partial charge is 0.376 e. The summed E-state index contributed by atoms with van der Waals surface area (Å²) in [5.41, 5.74) is 1.18. The number of nitrogens with one attached hydrogen (secondary N) is 2. The molecule has 1 saturated heterocycles. The maximum absolute atomic E-state index is 12.2. The van der Waals surface area contributed by atoms with Crippen molar-refractivity contribution in [3.05, 3.63) is 35.9 Å². The number of halogens is 1. The fourth-order valence-electron chi connectivity index (χ4n) is 2.92. The van der Waals surface area contributed by atoms with E-state index in [0.29, 0.717) is 31.6 Å². The second-order valence-corrected chi connectivity index (χ2v) is 6.85. The van der Waals surface area contributed by atoms with Gasteiger partial charge in [0.2, 0.25) is 5.91 Å². The maximum Gasteiger partial charge on any atom is 0.241 e. The van der Waals surface area contributed by atoms with Crippen LogP contribution < -0.4 is 10.6 Å². The summed E-state index contributed by atoms with van der Waals surface area (Å²) in [6.45, 7) is 6.22. The van der Waals surface area contributed by atoms with Crippen molar-refractivity contribution >= 4 is 35.8 Å². The zero-order chi connectivity index (χ0) is 18.6. The Balaban J connectivity index is 0.00000364. The van der Waals surface area contributed by atoms with Crippen molar-refractivity contribution in [1.82, 2.24) is 15.5 Å². The van der Waals surface area contributed by atoms with Crippen LogP contribution in [-0.2, 0) is 16.1 Å². The number of likely N-dealkylation sites (tertiary alicyclic amines) is 1. The summed E-state index contributed by atoms with van der Waals surface area (Å²) in [7, 11) is 1.72. The number of guanidine groups is 1. The van der Waals surface area contributed by atoms with Gasteiger partial charge < -0.3 is 20.3 Å². The maximum atomic E-state index is 12.2. The molecule has 2 rings (SSSR count). The summed E-state index contributed by atoms with van der Waals surface area (Å²) in [5.74, 6) is 1.15. The van der Waals surface area contributed by atoms with Crippen LogP contribution in [0.1, 0.15) is 31.7 Å². The van der Waals surface area contributed by atoms with E-state index < -0.39 is 0 Å². The van der Waals surface area contributed by atoms with Crippen molar-refractivity contribution in [2.75, 3.05) is 39.8 Å². The van der Waals surface area contributed by atoms with E-state index in [2.05, 4.69) is 34.7 Å². The molecule has 0 saturated carbocycles. The van der Waals surface area contributed by atoms with Crippen LogP contribution in [-0.4, -0.2) is 56.6 Å². The Kier molecular flexibility index (Phi) is 12.1. The van der Waals surface area contributed by atoms with Gasteiger partial charge in [-0.3, -0.25) is 9.79 Å². The second-order valence-electron chi connectivity index (χ2n) is 6.85. The highest BCUT2D eigenvalue weighted by molar-refractivity contribution is 14.0. The number of amides is 1. The summed E-state index contributed by atoms with van der Waals surface area (Å²) in [4.78, 5) is 18.3. The van der Waals surface area contributed by atoms with Crippen LogP contribution in [0, 0.1) is 5.92 Å². The summed E-state index contributed by atoms with van der Waals surface area (Å²) in [5, 5.41) is 6.37. The quantitative estimate of drug-likeness (QED) is 0.336. The molecule has 0 spiro atoms. The molecule has 6 nitrogen and oxygen atoms in total. The third kappa shape index (κ3) is 9.41. The van der Waals surface area contributed by atoms with Gasteiger partial charge in [-0.2, -0.15) is 0 Å². The van der Waals surface area contributed by atoms with E-state index in [-0.39, 0.29) is 29.9 Å². The number of carbonyl (C=O) groups is 1. The van der Waals surface area contributed by atoms with Crippen LogP contribution >= 0.6 is 24.0 Å². The molecule has 1 fully saturated rings. The van der Waals surface area contributed by atoms with E-state index >= 15 is 0 Å². The number of aliphatic imine (C=N–C) groups is 1. The lowest BCUT2D eigenvalue weighted by Gasteiger charge is -2.27. The molecule has 152 valence electrons. The molecule has 0 bridgehead atoms. The van der Waals surface area contributed by atoms with Crippen molar-refractivity contribution in [3.63, 3.8) is 0 Å². The van der Waals surface area contributed by atoms with E-state index in [1.807, 2.05) is 23.1 Å². The molecular weight excluding hydrogens is 455 g/mol. The number of carbonyl (C=O) groups excluding carboxylic acids is 1. The minimum absolute atomic E-state index is 0. The lowest BCUT2D eigenvalue weighted by molar-refractivity contribution is -0.130. The molecule has 7 heteroatoms. The van der Waals surface area contributed by atoms with Crippen LogP contribution in [0.3, 0.4) is 0 Å². The molecule has 1 heterocycles. The van der Waals surface area contributed by atoms with Gasteiger partial charge >= 0.3 is 0 Å². The van der Waals surface area contributed by atoms with Crippen molar-refractivity contribution in [1.29, 1.82) is 0 Å². The van der Waals surface area contributed by atoms with Gasteiger partial charge in [-0.25, -0.2) is 0 Å². The lowest BCUT2D eigenvalue weighted by Crippen LogP contribution is -2.46. The van der Waals surface area contributed by atoms with Crippen LogP contribution in [0.4, 0.5) is 0 Å². The zero-order valence-corrected chi connectivity index (χ0v) is 18.8. The SMILES string of the molecule is CN=C(NCC(=O)N1CCCCC1)NCC(C)COCc1ccccc1.I. The van der Waals surface area contributed by atoms with Gasteiger partial charge in [0.15, 0.2) is 5.96 Å². The predicted molar refractivity (Wildman–Crippen MR) is 120 cm³/mol. The highest BCUT2D eigenvalue weighted by Crippen LogP contribution is 2.08. The first-order chi connectivity index (χ1) is 12.7. The molecule has 0 aliphatic carbocycles. The minimum Gasteiger partial charge on any atom is -0.376 e. The molecule has 2 N–H and O–H groups in total. The first kappa shape index (κ1) is 23.7. The van der Waals surface area contributed by atoms with Gasteiger partial charge in [-0.05, 0) is 30.7 Å². The van der Waals surface area contributed by atoms with Crippen LogP contribution in [0.15, 0.2) is 35.3 Å². The van der Waals surface area contributed by atoms with E-state index in [9.17, 15) is 4.79 Å². The van der Waals surface area contributed by atoms with Gasteiger partial charge in [0, 0.05) is 26.7 Å². The summed E-state index contributed by atoms with van der Waals surface area (Å²) >= 11 is 0. The van der Waals surface area contributed by atoms with Gasteiger partial charge in [-0.1, -0.05) is 37.3 Å². The van der Waals surface area contributed by atoms with Gasteiger partial charge in [0.05, 0.1) is 19.8 Å². The number of ether oxygens (including phenoxy) is 1. The topological polar surface area (TPSA) is 66.0 Å². The number of nitrogens with zero attached hydrogens (tertiary/aromatic N) is 2. The summed E-state index contributed by atoms with van der Waals surface area (Å²) < 4.78 is 5.76. The molecule has 27 heavy (non-hydrogen) atoms. The Bertz CT molecular complexity index is 562. The monoisotopic (exact) mass is 488 g/mol. The molecule has 1 aromatic carbocycles. The Labute approximate surface area is 180 Å². The number of rotatable bonds is 8. The third-order valence-electron chi connectivity index (χ3n) is 4.47. The first-order valence-corrected chi connectivity index (χ1v) is 9.53. The summed E-state index contributed by atoms with van der Waals surface area (Å²) in [6.07, 6.45) is 3.45. The molecule has 1 aromatic rings. The molecule has 0 aromatic heterocycles. The standard InChI is InChI=1S/C20H32N4O2.HI/c1-17(15-26-16-18-9-5-3-6-10-18)13-22-20(21-2)23-14-19(25)24-11-7-4-8-12-24;/h3,5-6,9-10,17H,4,7-8,11-16H2,1-2H3,(H2,21,22,23);1H. The van der Waals surface area contributed by atoms with Crippen molar-refractivity contribution in [3.8, 4) is 0 Å². The molecule has 0 radical (unpaired) electrons. The normalized spacial score (nSPS) is 15.6. The van der Waals surface area contributed by atoms with Gasteiger partial charge in [0.25, 0.3) is 0 Å². The molecule has 1 amide bonds. The number of piperidine rings is 1. The molecule has 1 atom stereocenters. The average Bonchev–Trinajstić information content (AvgIpc) is 2.69. The van der Waals surface area contributed by atoms with Gasteiger partial charge in [0.1, 0.15) is 0 Å². The predicted octanol–water partition coefficient (Wildman–Crippen LogP) is 2.63. The average molecular weight is 488 g/mol. The fourth-order valence-corrected chi connectivity index (χ4v) is 2.92. The van der Waals surface area contributed by atoms with E-state index in [0.717, 1.165) is 32.5 Å². The Morgan fingerprint density at radius 3 is 2.56 bits per heavy atom. The Hall–Kier alpha value is -1.35. The van der Waals surface area contributed by atoms with Crippen molar-refractivity contribution < 1.29 is 9.53 Å². The molecular formula is C20H33IN4O2. The summed E-state index contributed by atoms with van der Waals surface area (Å²) in [6, 6.07) is 10.2. The zero-order valence-electron chi connectivity index (χ0n) is 16.4. The number of hydrogen-bond donors (Lipinski definition) is 2. The molecule has 1 aliphatic heterocycles. The number of hydrogen-bond acceptors (Lipinski definition) is 3. The van der Waals surface area contributed by atoms with Crippen LogP contribution in [0.25, 0.3) is 0 Å². The van der Waals surface area contributed by atoms with E-state index in [1.54, 1.807) is 7.05 Å². The van der Waals surface area contributed by atoms with Crippen LogP contribution in [0.2, 0.25) is 0 Å². The molecule has 1 aliphatic rings. The Morgan fingerprint density at radius 1 is 1.19 bits per heavy atom. The smallest absolute Gasteiger partial charge is 0.241 e. The number of benzene rings is 1.